The van der Waals surface area contributed by atoms with Crippen LogP contribution in [-0.4, -0.2) is 6.18 Å². The summed E-state index contributed by atoms with van der Waals surface area (Å²) in [6.45, 7) is 5.87. The fraction of sp³-hybridized carbons (Fsp3) is 1.00. The Morgan fingerprint density at radius 1 is 0.818 bits per heavy atom. The first-order valence-corrected chi connectivity index (χ1v) is 4.04. The molecule has 70 valence electrons. The molecular weight excluding hydrogens is 153 g/mol. The molecule has 0 aromatic heterocycles. The van der Waals surface area contributed by atoms with Crippen molar-refractivity contribution < 1.29 is 13.2 Å². The summed E-state index contributed by atoms with van der Waals surface area (Å²) >= 11 is 0. The van der Waals surface area contributed by atoms with Crippen LogP contribution in [0, 0.1) is 0 Å². The first-order chi connectivity index (χ1) is 4.97. The Morgan fingerprint density at radius 2 is 1.18 bits per heavy atom. The summed E-state index contributed by atoms with van der Waals surface area (Å²) in [5.41, 5.74) is 0. The molecule has 0 aromatic rings. The van der Waals surface area contributed by atoms with E-state index >= 15 is 0 Å². The second-order valence-electron chi connectivity index (χ2n) is 2.37. The minimum atomic E-state index is -3.95. The Labute approximate surface area is 66.8 Å². The lowest BCUT2D eigenvalue weighted by Gasteiger charge is -2.00. The summed E-state index contributed by atoms with van der Waals surface area (Å²) in [4.78, 5) is 0. The van der Waals surface area contributed by atoms with Gasteiger partial charge in [-0.15, -0.1) is 0 Å². The first kappa shape index (κ1) is 13.4. The quantitative estimate of drug-likeness (QED) is 0.583. The molecule has 0 rings (SSSR count). The van der Waals surface area contributed by atoms with Crippen molar-refractivity contribution in [2.45, 2.75) is 52.6 Å². The highest BCUT2D eigenvalue weighted by Crippen LogP contribution is 2.20. The van der Waals surface area contributed by atoms with E-state index in [1.54, 1.807) is 0 Å². The molecule has 0 aliphatic carbocycles. The lowest BCUT2D eigenvalue weighted by Crippen LogP contribution is -2.04. The number of unbranched alkanes of at least 4 members (excludes halogenated alkanes) is 1. The van der Waals surface area contributed by atoms with E-state index < -0.39 is 12.6 Å². The number of hydrogen-bond donors (Lipinski definition) is 0. The molecule has 0 saturated carbocycles. The lowest BCUT2D eigenvalue weighted by molar-refractivity contribution is -0.134. The average Bonchev–Trinajstić information content (AvgIpc) is 1.86. The SMILES string of the molecule is CCCC.CCCC(F)(F)F. The fourth-order valence-corrected chi connectivity index (χ4v) is 0.283. The molecule has 0 N–H and O–H groups in total. The summed E-state index contributed by atoms with van der Waals surface area (Å²) in [7, 11) is 0. The largest absolute Gasteiger partial charge is 0.389 e. The van der Waals surface area contributed by atoms with Gasteiger partial charge in [0.25, 0.3) is 0 Å². The first-order valence-electron chi connectivity index (χ1n) is 4.04. The van der Waals surface area contributed by atoms with Gasteiger partial charge in [-0.25, -0.2) is 0 Å². The highest BCUT2D eigenvalue weighted by Gasteiger charge is 2.24. The minimum Gasteiger partial charge on any atom is -0.171 e. The van der Waals surface area contributed by atoms with E-state index in [9.17, 15) is 13.2 Å². The highest BCUT2D eigenvalue weighted by molar-refractivity contribution is 4.44. The molecule has 0 unspecified atom stereocenters. The van der Waals surface area contributed by atoms with E-state index in [2.05, 4.69) is 13.8 Å². The standard InChI is InChI=1S/C4H7F3.C4H10/c1-2-3-4(5,6)7;1-3-4-2/h2-3H2,1H3;3-4H2,1-2H3. The molecule has 0 aromatic carbocycles. The molecule has 0 saturated heterocycles. The predicted octanol–water partition coefficient (Wildman–Crippen LogP) is 4.16. The van der Waals surface area contributed by atoms with E-state index in [1.807, 2.05) is 0 Å². The van der Waals surface area contributed by atoms with Crippen molar-refractivity contribution in [2.75, 3.05) is 0 Å². The maximum absolute atomic E-state index is 11.1. The Bertz CT molecular complexity index is 64.2. The number of alkyl halides is 3. The van der Waals surface area contributed by atoms with Gasteiger partial charge in [0.2, 0.25) is 0 Å². The number of hydrogen-bond acceptors (Lipinski definition) is 0. The monoisotopic (exact) mass is 170 g/mol. The summed E-state index contributed by atoms with van der Waals surface area (Å²) in [6.07, 6.45) is -1.79. The van der Waals surface area contributed by atoms with Gasteiger partial charge in [-0.05, 0) is 6.42 Å². The van der Waals surface area contributed by atoms with Crippen LogP contribution in [0.15, 0.2) is 0 Å². The third-order valence-corrected chi connectivity index (χ3v) is 1.03. The molecule has 0 bridgehead atoms. The molecule has 0 radical (unpaired) electrons. The van der Waals surface area contributed by atoms with Gasteiger partial charge in [0.1, 0.15) is 0 Å². The van der Waals surface area contributed by atoms with Crippen molar-refractivity contribution in [3.63, 3.8) is 0 Å². The molecule has 0 amide bonds. The summed E-state index contributed by atoms with van der Waals surface area (Å²) in [5, 5.41) is 0. The Morgan fingerprint density at radius 3 is 1.18 bits per heavy atom. The van der Waals surface area contributed by atoms with Crippen LogP contribution in [0.4, 0.5) is 13.2 Å². The van der Waals surface area contributed by atoms with Crippen LogP contribution in [-0.2, 0) is 0 Å². The van der Waals surface area contributed by atoms with Gasteiger partial charge in [-0.3, -0.25) is 0 Å². The summed E-state index contributed by atoms with van der Waals surface area (Å²) in [5.74, 6) is 0. The van der Waals surface area contributed by atoms with E-state index in [-0.39, 0.29) is 6.42 Å². The van der Waals surface area contributed by atoms with E-state index in [4.69, 9.17) is 0 Å². The number of halogens is 3. The van der Waals surface area contributed by atoms with E-state index in [1.165, 1.54) is 19.8 Å². The van der Waals surface area contributed by atoms with Crippen LogP contribution in [0.2, 0.25) is 0 Å². The smallest absolute Gasteiger partial charge is 0.171 e. The maximum atomic E-state index is 11.1. The molecule has 3 heteroatoms. The molecule has 0 atom stereocenters. The van der Waals surface area contributed by atoms with Gasteiger partial charge in [-0.2, -0.15) is 13.2 Å². The van der Waals surface area contributed by atoms with Crippen LogP contribution in [0.1, 0.15) is 46.5 Å². The topological polar surface area (TPSA) is 0 Å². The average molecular weight is 170 g/mol. The van der Waals surface area contributed by atoms with Crippen molar-refractivity contribution in [1.29, 1.82) is 0 Å². The maximum Gasteiger partial charge on any atom is 0.389 e. The van der Waals surface area contributed by atoms with Gasteiger partial charge in [0.05, 0.1) is 0 Å². The molecule has 0 heterocycles. The van der Waals surface area contributed by atoms with Crippen molar-refractivity contribution in [1.82, 2.24) is 0 Å². The normalized spacial score (nSPS) is 10.4. The zero-order valence-electron chi connectivity index (χ0n) is 7.46. The second kappa shape index (κ2) is 7.89. The Kier molecular flexibility index (Phi) is 9.60. The fourth-order valence-electron chi connectivity index (χ4n) is 0.283. The van der Waals surface area contributed by atoms with Crippen LogP contribution in [0.5, 0.6) is 0 Å². The molecule has 0 aliphatic heterocycles. The van der Waals surface area contributed by atoms with Gasteiger partial charge < -0.3 is 0 Å². The van der Waals surface area contributed by atoms with Crippen molar-refractivity contribution in [3.8, 4) is 0 Å². The lowest BCUT2D eigenvalue weighted by atomic mass is 10.3. The van der Waals surface area contributed by atoms with Crippen LogP contribution in [0.3, 0.4) is 0 Å². The second-order valence-corrected chi connectivity index (χ2v) is 2.37. The van der Waals surface area contributed by atoms with Crippen LogP contribution < -0.4 is 0 Å². The number of rotatable bonds is 2. The molecule has 0 spiro atoms. The third-order valence-electron chi connectivity index (χ3n) is 1.03. The third kappa shape index (κ3) is 25.9. The van der Waals surface area contributed by atoms with Gasteiger partial charge in [0, 0.05) is 6.42 Å². The van der Waals surface area contributed by atoms with Gasteiger partial charge in [-0.1, -0.05) is 33.6 Å². The van der Waals surface area contributed by atoms with Crippen LogP contribution in [0.25, 0.3) is 0 Å². The Hall–Kier alpha value is -0.210. The van der Waals surface area contributed by atoms with E-state index in [0.29, 0.717) is 0 Å². The molecule has 11 heavy (non-hydrogen) atoms. The molecular formula is C8H17F3. The summed E-state index contributed by atoms with van der Waals surface area (Å²) < 4.78 is 33.2. The zero-order chi connectivity index (χ0) is 9.33. The molecule has 0 nitrogen and oxygen atoms in total. The zero-order valence-corrected chi connectivity index (χ0v) is 7.46. The van der Waals surface area contributed by atoms with Crippen molar-refractivity contribution in [2.24, 2.45) is 0 Å². The van der Waals surface area contributed by atoms with Crippen molar-refractivity contribution >= 4 is 0 Å². The van der Waals surface area contributed by atoms with Crippen molar-refractivity contribution in [3.05, 3.63) is 0 Å². The van der Waals surface area contributed by atoms with Gasteiger partial charge in [0.15, 0.2) is 0 Å². The summed E-state index contributed by atoms with van der Waals surface area (Å²) in [6, 6.07) is 0. The highest BCUT2D eigenvalue weighted by atomic mass is 19.4. The molecule has 0 fully saturated rings. The van der Waals surface area contributed by atoms with Gasteiger partial charge >= 0.3 is 6.18 Å². The predicted molar refractivity (Wildman–Crippen MR) is 41.5 cm³/mol. The Balaban J connectivity index is 0. The minimum absolute atomic E-state index is 0.184. The van der Waals surface area contributed by atoms with Crippen LogP contribution >= 0.6 is 0 Å². The van der Waals surface area contributed by atoms with E-state index in [0.717, 1.165) is 0 Å². The molecule has 0 aliphatic rings.